The quantitative estimate of drug-likeness (QED) is 0.650. The summed E-state index contributed by atoms with van der Waals surface area (Å²) in [5.74, 6) is 1.30. The van der Waals surface area contributed by atoms with E-state index in [0.717, 1.165) is 11.5 Å². The molecule has 0 atom stereocenters. The van der Waals surface area contributed by atoms with Gasteiger partial charge in [0.1, 0.15) is 5.82 Å². The third-order valence-corrected chi connectivity index (χ3v) is 4.06. The molecule has 5 heteroatoms. The number of aromatic amines is 1. The molecule has 2 rings (SSSR count). The number of halogens is 1. The molecule has 90 valence electrons. The zero-order chi connectivity index (χ0) is 12.6. The van der Waals surface area contributed by atoms with Gasteiger partial charge < -0.3 is 0 Å². The minimum Gasteiger partial charge on any atom is -0.272 e. The van der Waals surface area contributed by atoms with Crippen LogP contribution in [0.3, 0.4) is 0 Å². The number of aryl methyl sites for hydroxylation is 1. The Morgan fingerprint density at radius 2 is 2.12 bits per heavy atom. The molecule has 17 heavy (non-hydrogen) atoms. The molecule has 1 N–H and O–H groups in total. The Balaban J connectivity index is 2.63. The van der Waals surface area contributed by atoms with Crippen molar-refractivity contribution in [3.05, 3.63) is 37.9 Å². The first kappa shape index (κ1) is 12.8. The third kappa shape index (κ3) is 2.44. The van der Waals surface area contributed by atoms with Crippen LogP contribution in [-0.4, -0.2) is 14.8 Å². The first-order valence-corrected chi connectivity index (χ1v) is 6.93. The van der Waals surface area contributed by atoms with Crippen LogP contribution in [0, 0.1) is 15.3 Å². The van der Waals surface area contributed by atoms with E-state index < -0.39 is 0 Å². The summed E-state index contributed by atoms with van der Waals surface area (Å²) in [6.07, 6.45) is 0. The normalized spacial score (nSPS) is 11.1. The van der Waals surface area contributed by atoms with Gasteiger partial charge in [0.15, 0.2) is 4.77 Å². The molecule has 0 spiro atoms. The largest absolute Gasteiger partial charge is 0.272 e. The number of rotatable bonds is 2. The van der Waals surface area contributed by atoms with Crippen molar-refractivity contribution in [2.75, 3.05) is 0 Å². The van der Waals surface area contributed by atoms with Gasteiger partial charge in [-0.2, -0.15) is 5.10 Å². The molecule has 0 fully saturated rings. The van der Waals surface area contributed by atoms with Gasteiger partial charge in [0.05, 0.1) is 5.69 Å². The topological polar surface area (TPSA) is 33.6 Å². The van der Waals surface area contributed by atoms with Crippen LogP contribution >= 0.6 is 34.8 Å². The maximum atomic E-state index is 5.29. The summed E-state index contributed by atoms with van der Waals surface area (Å²) >= 11 is 7.63. The molecule has 0 unspecified atom stereocenters. The second-order valence-corrected chi connectivity index (χ2v) is 5.86. The van der Waals surface area contributed by atoms with Gasteiger partial charge in [0.2, 0.25) is 0 Å². The van der Waals surface area contributed by atoms with Crippen molar-refractivity contribution in [2.45, 2.75) is 26.7 Å². The highest BCUT2D eigenvalue weighted by Crippen LogP contribution is 2.21. The van der Waals surface area contributed by atoms with E-state index in [1.807, 2.05) is 4.57 Å². The van der Waals surface area contributed by atoms with E-state index in [0.29, 0.717) is 10.7 Å². The molecule has 3 nitrogen and oxygen atoms in total. The second kappa shape index (κ2) is 4.89. The molecular weight excluding hydrogens is 345 g/mol. The number of aromatic nitrogens is 3. The number of H-pyrrole nitrogens is 1. The van der Waals surface area contributed by atoms with Gasteiger partial charge in [0, 0.05) is 9.49 Å². The summed E-state index contributed by atoms with van der Waals surface area (Å²) < 4.78 is 3.88. The molecule has 0 saturated heterocycles. The molecule has 0 saturated carbocycles. The van der Waals surface area contributed by atoms with Gasteiger partial charge in [0.25, 0.3) is 0 Å². The molecule has 2 aromatic rings. The standard InChI is InChI=1S/C12H14IN3S/c1-7(2)11-14-15-12(17)16(11)9-5-4-8(3)10(13)6-9/h4-7H,1-3H3,(H,15,17). The van der Waals surface area contributed by atoms with Crippen molar-refractivity contribution in [2.24, 2.45) is 0 Å². The van der Waals surface area contributed by atoms with Crippen molar-refractivity contribution in [3.63, 3.8) is 0 Å². The highest BCUT2D eigenvalue weighted by molar-refractivity contribution is 14.1. The molecular formula is C12H14IN3S. The van der Waals surface area contributed by atoms with Gasteiger partial charge in [-0.1, -0.05) is 19.9 Å². The van der Waals surface area contributed by atoms with Crippen LogP contribution in [0.4, 0.5) is 0 Å². The predicted octanol–water partition coefficient (Wildman–Crippen LogP) is 3.97. The fraction of sp³-hybridized carbons (Fsp3) is 0.333. The average Bonchev–Trinajstić information content (AvgIpc) is 2.64. The lowest BCUT2D eigenvalue weighted by Gasteiger charge is -2.10. The predicted molar refractivity (Wildman–Crippen MR) is 80.3 cm³/mol. The Morgan fingerprint density at radius 1 is 1.41 bits per heavy atom. The minimum absolute atomic E-state index is 0.335. The summed E-state index contributed by atoms with van der Waals surface area (Å²) in [6, 6.07) is 6.32. The van der Waals surface area contributed by atoms with Crippen LogP contribution in [0.5, 0.6) is 0 Å². The monoisotopic (exact) mass is 359 g/mol. The van der Waals surface area contributed by atoms with E-state index in [1.165, 1.54) is 9.13 Å². The highest BCUT2D eigenvalue weighted by atomic mass is 127. The Kier molecular flexibility index (Phi) is 3.67. The molecule has 1 heterocycles. The average molecular weight is 359 g/mol. The van der Waals surface area contributed by atoms with Crippen LogP contribution in [0.25, 0.3) is 5.69 Å². The third-order valence-electron chi connectivity index (χ3n) is 2.63. The van der Waals surface area contributed by atoms with Gasteiger partial charge in [-0.3, -0.25) is 9.67 Å². The molecule has 1 aromatic carbocycles. The van der Waals surface area contributed by atoms with Crippen molar-refractivity contribution in [1.29, 1.82) is 0 Å². The summed E-state index contributed by atoms with van der Waals surface area (Å²) in [5, 5.41) is 7.15. The second-order valence-electron chi connectivity index (χ2n) is 4.31. The zero-order valence-corrected chi connectivity index (χ0v) is 13.0. The fourth-order valence-corrected chi connectivity index (χ4v) is 2.41. The van der Waals surface area contributed by atoms with Gasteiger partial charge >= 0.3 is 0 Å². The molecule has 0 aliphatic rings. The lowest BCUT2D eigenvalue weighted by molar-refractivity contribution is 0.744. The number of benzene rings is 1. The Hall–Kier alpha value is -0.690. The Bertz CT molecular complexity index is 598. The molecule has 0 aliphatic carbocycles. The summed E-state index contributed by atoms with van der Waals surface area (Å²) in [5.41, 5.74) is 2.35. The molecule has 1 aromatic heterocycles. The number of hydrogen-bond donors (Lipinski definition) is 1. The fourth-order valence-electron chi connectivity index (χ4n) is 1.67. The first-order valence-electron chi connectivity index (χ1n) is 5.44. The lowest BCUT2D eigenvalue weighted by atomic mass is 10.2. The van der Waals surface area contributed by atoms with Crippen LogP contribution in [0.15, 0.2) is 18.2 Å². The van der Waals surface area contributed by atoms with E-state index in [2.05, 4.69) is 71.8 Å². The maximum absolute atomic E-state index is 5.29. The SMILES string of the molecule is Cc1ccc(-n2c(C(C)C)n[nH]c2=S)cc1I. The molecule has 0 radical (unpaired) electrons. The Morgan fingerprint density at radius 3 is 2.71 bits per heavy atom. The van der Waals surface area contributed by atoms with Crippen LogP contribution in [0.2, 0.25) is 0 Å². The van der Waals surface area contributed by atoms with Crippen LogP contribution in [-0.2, 0) is 0 Å². The number of hydrogen-bond acceptors (Lipinski definition) is 2. The summed E-state index contributed by atoms with van der Waals surface area (Å²) in [7, 11) is 0. The molecule has 0 bridgehead atoms. The summed E-state index contributed by atoms with van der Waals surface area (Å²) in [4.78, 5) is 0. The van der Waals surface area contributed by atoms with E-state index in [-0.39, 0.29) is 0 Å². The molecule has 0 amide bonds. The van der Waals surface area contributed by atoms with Crippen LogP contribution in [0.1, 0.15) is 31.2 Å². The van der Waals surface area contributed by atoms with Crippen molar-refractivity contribution in [1.82, 2.24) is 14.8 Å². The van der Waals surface area contributed by atoms with Crippen molar-refractivity contribution in [3.8, 4) is 5.69 Å². The van der Waals surface area contributed by atoms with Gasteiger partial charge in [-0.15, -0.1) is 0 Å². The van der Waals surface area contributed by atoms with Gasteiger partial charge in [-0.25, -0.2) is 0 Å². The molecule has 0 aliphatic heterocycles. The summed E-state index contributed by atoms with van der Waals surface area (Å²) in [6.45, 7) is 6.32. The smallest absolute Gasteiger partial charge is 0.199 e. The van der Waals surface area contributed by atoms with E-state index >= 15 is 0 Å². The van der Waals surface area contributed by atoms with E-state index in [1.54, 1.807) is 0 Å². The van der Waals surface area contributed by atoms with E-state index in [4.69, 9.17) is 12.2 Å². The Labute approximate surface area is 119 Å². The van der Waals surface area contributed by atoms with Crippen LogP contribution < -0.4 is 0 Å². The minimum atomic E-state index is 0.335. The van der Waals surface area contributed by atoms with E-state index in [9.17, 15) is 0 Å². The van der Waals surface area contributed by atoms with Crippen molar-refractivity contribution < 1.29 is 0 Å². The lowest BCUT2D eigenvalue weighted by Crippen LogP contribution is -2.03. The zero-order valence-electron chi connectivity index (χ0n) is 9.99. The maximum Gasteiger partial charge on any atom is 0.199 e. The number of nitrogens with zero attached hydrogens (tertiary/aromatic N) is 2. The number of nitrogens with one attached hydrogen (secondary N) is 1. The highest BCUT2D eigenvalue weighted by Gasteiger charge is 2.12. The first-order chi connectivity index (χ1) is 8.00. The van der Waals surface area contributed by atoms with Gasteiger partial charge in [-0.05, 0) is 59.4 Å². The van der Waals surface area contributed by atoms with Crippen molar-refractivity contribution >= 4 is 34.8 Å².